The van der Waals surface area contributed by atoms with Gasteiger partial charge in [-0.15, -0.1) is 0 Å². The Hall–Kier alpha value is -4.08. The Labute approximate surface area is 230 Å². The number of methoxy groups -OCH3 is 1. The minimum Gasteiger partial charge on any atom is -0.497 e. The molecular formula is C30H29N3O5S. The number of aromatic nitrogens is 2. The van der Waals surface area contributed by atoms with Crippen molar-refractivity contribution in [3.63, 3.8) is 0 Å². The maximum atomic E-state index is 13.3. The molecular weight excluding hydrogens is 514 g/mol. The number of aliphatic hydroxyl groups is 1. The first-order valence-corrected chi connectivity index (χ1v) is 13.5. The molecule has 1 atom stereocenters. The number of hydrogen-bond acceptors (Lipinski definition) is 8. The van der Waals surface area contributed by atoms with E-state index in [2.05, 4.69) is 15.7 Å². The average Bonchev–Trinajstić information content (AvgIpc) is 3.51. The zero-order valence-electron chi connectivity index (χ0n) is 22.0. The lowest BCUT2D eigenvalue weighted by Crippen LogP contribution is -2.30. The number of ether oxygens (including phenoxy) is 2. The predicted molar refractivity (Wildman–Crippen MR) is 150 cm³/mol. The summed E-state index contributed by atoms with van der Waals surface area (Å²) in [5, 5.41) is 11.9. The van der Waals surface area contributed by atoms with Crippen molar-refractivity contribution in [3.05, 3.63) is 89.0 Å². The maximum Gasteiger partial charge on any atom is 0.342 e. The Morgan fingerprint density at radius 3 is 2.44 bits per heavy atom. The molecule has 4 aromatic rings. The fourth-order valence-corrected chi connectivity index (χ4v) is 5.33. The molecule has 0 fully saturated rings. The maximum absolute atomic E-state index is 13.3. The van der Waals surface area contributed by atoms with E-state index in [1.54, 1.807) is 61.4 Å². The Balaban J connectivity index is 1.58. The van der Waals surface area contributed by atoms with Crippen molar-refractivity contribution in [2.45, 2.75) is 38.9 Å². The second-order valence-corrected chi connectivity index (χ2v) is 9.98. The Kier molecular flexibility index (Phi) is 7.45. The highest BCUT2D eigenvalue weighted by molar-refractivity contribution is 7.00. The number of carbonyl (C=O) groups excluding carboxylic acids is 2. The number of esters is 1. The van der Waals surface area contributed by atoms with Gasteiger partial charge in [-0.2, -0.15) is 8.75 Å². The molecule has 3 aromatic carbocycles. The van der Waals surface area contributed by atoms with E-state index in [0.717, 1.165) is 41.3 Å². The van der Waals surface area contributed by atoms with Crippen LogP contribution >= 0.6 is 11.7 Å². The van der Waals surface area contributed by atoms with Crippen LogP contribution in [0.15, 0.2) is 72.3 Å². The van der Waals surface area contributed by atoms with Crippen LogP contribution in [0.4, 0.5) is 5.69 Å². The third kappa shape index (κ3) is 5.15. The van der Waals surface area contributed by atoms with Crippen molar-refractivity contribution in [2.75, 3.05) is 18.6 Å². The van der Waals surface area contributed by atoms with Crippen molar-refractivity contribution >= 4 is 45.9 Å². The molecule has 1 aliphatic rings. The van der Waals surface area contributed by atoms with Crippen LogP contribution in [0.2, 0.25) is 0 Å². The van der Waals surface area contributed by atoms with E-state index in [-0.39, 0.29) is 12.3 Å². The van der Waals surface area contributed by atoms with E-state index in [0.29, 0.717) is 40.1 Å². The Morgan fingerprint density at radius 1 is 1.05 bits per heavy atom. The van der Waals surface area contributed by atoms with Crippen LogP contribution in [0.3, 0.4) is 0 Å². The minimum atomic E-state index is -1.97. The summed E-state index contributed by atoms with van der Waals surface area (Å²) < 4.78 is 19.5. The summed E-state index contributed by atoms with van der Waals surface area (Å²) in [5.74, 6) is -1.99. The summed E-state index contributed by atoms with van der Waals surface area (Å²) in [4.78, 5) is 27.3. The zero-order valence-corrected chi connectivity index (χ0v) is 22.8. The molecule has 39 heavy (non-hydrogen) atoms. The van der Waals surface area contributed by atoms with Crippen LogP contribution < -0.4 is 9.64 Å². The molecule has 9 heteroatoms. The van der Waals surface area contributed by atoms with Crippen LogP contribution in [0.5, 0.6) is 5.75 Å². The number of anilines is 1. The molecule has 5 rings (SSSR count). The summed E-state index contributed by atoms with van der Waals surface area (Å²) in [5.41, 5.74) is 4.78. The molecule has 0 aliphatic carbocycles. The number of benzene rings is 3. The second-order valence-electron chi connectivity index (χ2n) is 9.45. The Bertz CT molecular complexity index is 1550. The molecule has 1 aliphatic heterocycles. The quantitative estimate of drug-likeness (QED) is 0.288. The number of rotatable bonds is 9. The van der Waals surface area contributed by atoms with Gasteiger partial charge in [-0.1, -0.05) is 31.5 Å². The van der Waals surface area contributed by atoms with E-state index in [4.69, 9.17) is 9.47 Å². The van der Waals surface area contributed by atoms with Gasteiger partial charge >= 0.3 is 5.97 Å². The summed E-state index contributed by atoms with van der Waals surface area (Å²) in [6, 6.07) is 19.8. The second kappa shape index (κ2) is 11.0. The van der Waals surface area contributed by atoms with Gasteiger partial charge in [0.05, 0.1) is 24.4 Å². The normalized spacial score (nSPS) is 17.0. The van der Waals surface area contributed by atoms with Gasteiger partial charge in [-0.05, 0) is 66.1 Å². The number of unbranched alkanes of at least 4 members (excludes halogenated alkanes) is 1. The van der Waals surface area contributed by atoms with E-state index in [9.17, 15) is 14.7 Å². The number of fused-ring (bicyclic) bond motifs is 1. The lowest BCUT2D eigenvalue weighted by Gasteiger charge is -2.26. The van der Waals surface area contributed by atoms with Crippen molar-refractivity contribution in [1.29, 1.82) is 0 Å². The number of amides is 1. The predicted octanol–water partition coefficient (Wildman–Crippen LogP) is 5.25. The molecule has 1 aromatic heterocycles. The van der Waals surface area contributed by atoms with Crippen molar-refractivity contribution < 1.29 is 24.2 Å². The third-order valence-electron chi connectivity index (χ3n) is 6.92. The van der Waals surface area contributed by atoms with Crippen LogP contribution in [-0.4, -0.2) is 39.4 Å². The van der Waals surface area contributed by atoms with E-state index in [1.807, 2.05) is 24.3 Å². The minimum absolute atomic E-state index is 0.0169. The molecule has 0 radical (unpaired) electrons. The summed E-state index contributed by atoms with van der Waals surface area (Å²) in [6.07, 6.45) is 2.14. The van der Waals surface area contributed by atoms with Crippen LogP contribution in [0.1, 0.15) is 43.4 Å². The number of nitrogens with zero attached hydrogens (tertiary/aromatic N) is 3. The molecule has 1 unspecified atom stereocenters. The topological polar surface area (TPSA) is 102 Å². The highest BCUT2D eigenvalue weighted by Gasteiger charge is 2.48. The van der Waals surface area contributed by atoms with Gasteiger partial charge in [0.2, 0.25) is 5.91 Å². The lowest BCUT2D eigenvalue weighted by molar-refractivity contribution is -0.185. The molecule has 0 bridgehead atoms. The zero-order chi connectivity index (χ0) is 27.6. The highest BCUT2D eigenvalue weighted by Crippen LogP contribution is 2.45. The molecule has 200 valence electrons. The lowest BCUT2D eigenvalue weighted by atomic mass is 9.88. The van der Waals surface area contributed by atoms with Crippen LogP contribution in [0.25, 0.3) is 16.6 Å². The molecule has 8 nitrogen and oxygen atoms in total. The summed E-state index contributed by atoms with van der Waals surface area (Å²) >= 11 is 1.10. The Morgan fingerprint density at radius 2 is 1.77 bits per heavy atom. The van der Waals surface area contributed by atoms with Gasteiger partial charge in [0.25, 0.3) is 5.79 Å². The van der Waals surface area contributed by atoms with Crippen molar-refractivity contribution in [1.82, 2.24) is 8.75 Å². The standard InChI is InChI=1S/C30H29N3O5S/c1-4-5-16-33(19(2)34)23-11-6-20(7-12-23)17-25-28(21-8-15-26-27(18-21)32-39-31-26)29(35)38-30(25,36)22-9-13-24(37-3)14-10-22/h6-15,18,36H,4-5,16-17H2,1-3H3. The number of cyclic esters (lactones) is 1. The average molecular weight is 544 g/mol. The third-order valence-corrected chi connectivity index (χ3v) is 7.48. The van der Waals surface area contributed by atoms with Crippen LogP contribution in [0, 0.1) is 0 Å². The molecule has 1 N–H and O–H groups in total. The first-order chi connectivity index (χ1) is 18.8. The van der Waals surface area contributed by atoms with Gasteiger partial charge in [0.15, 0.2) is 0 Å². The van der Waals surface area contributed by atoms with E-state index in [1.165, 1.54) is 0 Å². The van der Waals surface area contributed by atoms with Gasteiger partial charge in [-0.25, -0.2) is 4.79 Å². The van der Waals surface area contributed by atoms with Gasteiger partial charge in [-0.3, -0.25) is 4.79 Å². The van der Waals surface area contributed by atoms with E-state index < -0.39 is 11.8 Å². The van der Waals surface area contributed by atoms with Crippen molar-refractivity contribution in [2.24, 2.45) is 0 Å². The fourth-order valence-electron chi connectivity index (χ4n) is 4.81. The first-order valence-electron chi connectivity index (χ1n) is 12.8. The smallest absolute Gasteiger partial charge is 0.342 e. The monoisotopic (exact) mass is 543 g/mol. The van der Waals surface area contributed by atoms with Gasteiger partial charge < -0.3 is 19.5 Å². The molecule has 1 amide bonds. The SMILES string of the molecule is CCCCN(C(C)=O)c1ccc(CC2=C(c3ccc4nsnc4c3)C(=O)OC2(O)c2ccc(OC)cc2)cc1. The van der Waals surface area contributed by atoms with E-state index >= 15 is 0 Å². The number of hydrogen-bond donors (Lipinski definition) is 1. The van der Waals surface area contributed by atoms with Crippen LogP contribution in [-0.2, 0) is 26.5 Å². The summed E-state index contributed by atoms with van der Waals surface area (Å²) in [7, 11) is 1.56. The largest absolute Gasteiger partial charge is 0.497 e. The van der Waals surface area contributed by atoms with Gasteiger partial charge in [0.1, 0.15) is 16.8 Å². The highest BCUT2D eigenvalue weighted by atomic mass is 32.1. The molecule has 0 saturated heterocycles. The molecule has 0 spiro atoms. The molecule has 2 heterocycles. The first kappa shape index (κ1) is 26.5. The van der Waals surface area contributed by atoms with Gasteiger partial charge in [0, 0.05) is 36.7 Å². The number of carbonyl (C=O) groups is 2. The molecule has 0 saturated carbocycles. The summed E-state index contributed by atoms with van der Waals surface area (Å²) in [6.45, 7) is 4.30. The van der Waals surface area contributed by atoms with Crippen molar-refractivity contribution in [3.8, 4) is 5.75 Å². The fraction of sp³-hybridized carbons (Fsp3) is 0.267.